The van der Waals surface area contributed by atoms with E-state index in [1.807, 2.05) is 37.3 Å². The van der Waals surface area contributed by atoms with Gasteiger partial charge >= 0.3 is 0 Å². The van der Waals surface area contributed by atoms with Gasteiger partial charge < -0.3 is 4.74 Å². The summed E-state index contributed by atoms with van der Waals surface area (Å²) in [4.78, 5) is 12.9. The van der Waals surface area contributed by atoms with Crippen LogP contribution in [0, 0.1) is 0 Å². The second kappa shape index (κ2) is 6.07. The van der Waals surface area contributed by atoms with Crippen LogP contribution >= 0.6 is 0 Å². The topological polar surface area (TPSA) is 26.3 Å². The van der Waals surface area contributed by atoms with Gasteiger partial charge in [-0.15, -0.1) is 0 Å². The normalized spacial score (nSPS) is 17.6. The monoisotopic (exact) mass is 364 g/mol. The lowest BCUT2D eigenvalue weighted by atomic mass is 9.69. The van der Waals surface area contributed by atoms with E-state index in [0.29, 0.717) is 5.76 Å². The van der Waals surface area contributed by atoms with Crippen LogP contribution in [0.25, 0.3) is 17.2 Å². The van der Waals surface area contributed by atoms with E-state index in [4.69, 9.17) is 4.74 Å². The van der Waals surface area contributed by atoms with Gasteiger partial charge in [-0.25, -0.2) is 0 Å². The summed E-state index contributed by atoms with van der Waals surface area (Å²) >= 11 is 0. The Bertz CT molecular complexity index is 1120. The van der Waals surface area contributed by atoms with Gasteiger partial charge in [-0.1, -0.05) is 78.9 Å². The number of hydrogen-bond acceptors (Lipinski definition) is 2. The van der Waals surface area contributed by atoms with Gasteiger partial charge in [0.05, 0.1) is 5.57 Å². The van der Waals surface area contributed by atoms with Crippen molar-refractivity contribution in [1.29, 1.82) is 0 Å². The first kappa shape index (κ1) is 16.8. The van der Waals surface area contributed by atoms with E-state index in [1.54, 1.807) is 6.92 Å². The predicted molar refractivity (Wildman–Crippen MR) is 112 cm³/mol. The molecule has 2 aliphatic rings. The molecule has 136 valence electrons. The molecule has 0 amide bonds. The molecule has 0 saturated carbocycles. The molecule has 0 bridgehead atoms. The molecule has 5 rings (SSSR count). The van der Waals surface area contributed by atoms with Crippen molar-refractivity contribution in [3.63, 3.8) is 0 Å². The third kappa shape index (κ3) is 2.12. The van der Waals surface area contributed by atoms with E-state index in [1.165, 1.54) is 0 Å². The molecule has 0 atom stereocenters. The molecular formula is C26H20O2. The van der Waals surface area contributed by atoms with E-state index >= 15 is 0 Å². The lowest BCUT2D eigenvalue weighted by Gasteiger charge is -2.29. The third-order valence-corrected chi connectivity index (χ3v) is 5.76. The van der Waals surface area contributed by atoms with Gasteiger partial charge in [0, 0.05) is 0 Å². The summed E-state index contributed by atoms with van der Waals surface area (Å²) in [7, 11) is 0. The van der Waals surface area contributed by atoms with Crippen LogP contribution in [0.5, 0.6) is 0 Å². The van der Waals surface area contributed by atoms with Gasteiger partial charge in [-0.2, -0.15) is 0 Å². The highest BCUT2D eigenvalue weighted by atomic mass is 16.5. The van der Waals surface area contributed by atoms with Crippen molar-refractivity contribution in [2.45, 2.75) is 19.3 Å². The maximum absolute atomic E-state index is 12.9. The average Bonchev–Trinajstić information content (AvgIpc) is 3.16. The first-order chi connectivity index (χ1) is 13.6. The van der Waals surface area contributed by atoms with Gasteiger partial charge in [0.25, 0.3) is 0 Å². The van der Waals surface area contributed by atoms with Gasteiger partial charge in [0.2, 0.25) is 0 Å². The number of carbonyl (C=O) groups is 1. The summed E-state index contributed by atoms with van der Waals surface area (Å²) in [5, 5.41) is 0. The zero-order valence-electron chi connectivity index (χ0n) is 15.9. The van der Waals surface area contributed by atoms with Gasteiger partial charge in [-0.05, 0) is 47.7 Å². The number of rotatable bonds is 2. The second-order valence-electron chi connectivity index (χ2n) is 7.35. The molecule has 2 nitrogen and oxygen atoms in total. The number of hydrogen-bond donors (Lipinski definition) is 0. The minimum absolute atomic E-state index is 0.0421. The Morgan fingerprint density at radius 2 is 1.36 bits per heavy atom. The Morgan fingerprint density at radius 3 is 1.93 bits per heavy atom. The number of fused-ring (bicyclic) bond motifs is 5. The molecule has 28 heavy (non-hydrogen) atoms. The Labute approximate surface area is 164 Å². The van der Waals surface area contributed by atoms with E-state index in [-0.39, 0.29) is 5.78 Å². The molecule has 1 aliphatic heterocycles. The highest BCUT2D eigenvalue weighted by Gasteiger charge is 2.55. The largest absolute Gasteiger partial charge is 0.464 e. The molecule has 0 fully saturated rings. The highest BCUT2D eigenvalue weighted by Crippen LogP contribution is 2.60. The van der Waals surface area contributed by atoms with Crippen molar-refractivity contribution >= 4 is 11.9 Å². The van der Waals surface area contributed by atoms with Gasteiger partial charge in [0.1, 0.15) is 16.9 Å². The Kier molecular flexibility index (Phi) is 3.63. The van der Waals surface area contributed by atoms with Crippen molar-refractivity contribution < 1.29 is 9.53 Å². The van der Waals surface area contributed by atoms with Crippen LogP contribution in [-0.2, 0) is 14.9 Å². The van der Waals surface area contributed by atoms with E-state index in [9.17, 15) is 4.79 Å². The first-order valence-electron chi connectivity index (χ1n) is 9.51. The molecule has 1 heterocycles. The van der Waals surface area contributed by atoms with Gasteiger partial charge in [0.15, 0.2) is 5.78 Å². The number of ketones is 1. The molecule has 3 aromatic carbocycles. The third-order valence-electron chi connectivity index (χ3n) is 5.76. The molecule has 0 saturated heterocycles. The van der Waals surface area contributed by atoms with Crippen molar-refractivity contribution in [1.82, 2.24) is 0 Å². The average molecular weight is 364 g/mol. The summed E-state index contributed by atoms with van der Waals surface area (Å²) in [6.45, 7) is 3.53. The zero-order valence-corrected chi connectivity index (χ0v) is 15.9. The second-order valence-corrected chi connectivity index (χ2v) is 7.35. The Morgan fingerprint density at radius 1 is 0.821 bits per heavy atom. The van der Waals surface area contributed by atoms with Crippen LogP contribution in [0.15, 0.2) is 96.0 Å². The minimum atomic E-state index is -0.695. The van der Waals surface area contributed by atoms with Crippen LogP contribution in [0.2, 0.25) is 0 Å². The molecule has 3 aromatic rings. The van der Waals surface area contributed by atoms with Crippen LogP contribution in [0.3, 0.4) is 0 Å². The minimum Gasteiger partial charge on any atom is -0.464 e. The summed E-state index contributed by atoms with van der Waals surface area (Å²) in [6, 6.07) is 26.8. The molecule has 0 aromatic heterocycles. The maximum atomic E-state index is 12.9. The summed E-state index contributed by atoms with van der Waals surface area (Å²) in [5.41, 5.74) is 5.63. The molecule has 1 aliphatic carbocycles. The number of benzene rings is 3. The smallest absolute Gasteiger partial charge is 0.160 e. The zero-order chi connectivity index (χ0) is 19.3. The van der Waals surface area contributed by atoms with E-state index < -0.39 is 5.41 Å². The SMILES string of the molecule is CC(=O)C1=C(C)O/C(=C\c2ccccc2)C12c1ccccc1-c1ccccc12. The van der Waals surface area contributed by atoms with Crippen LogP contribution in [-0.4, -0.2) is 5.78 Å². The fourth-order valence-corrected chi connectivity index (χ4v) is 4.80. The van der Waals surface area contributed by atoms with Crippen molar-refractivity contribution in [3.8, 4) is 11.1 Å². The Balaban J connectivity index is 1.90. The summed E-state index contributed by atoms with van der Waals surface area (Å²) < 4.78 is 6.31. The first-order valence-corrected chi connectivity index (χ1v) is 9.51. The number of Topliss-reactive ketones (excluding diaryl/α,β-unsaturated/α-hetero) is 1. The quantitative estimate of drug-likeness (QED) is 0.567. The number of carbonyl (C=O) groups excluding carboxylic acids is 1. The number of allylic oxidation sites excluding steroid dienone is 2. The van der Waals surface area contributed by atoms with E-state index in [0.717, 1.165) is 39.1 Å². The molecule has 2 heteroatoms. The molecule has 0 N–H and O–H groups in total. The highest BCUT2D eigenvalue weighted by molar-refractivity contribution is 6.03. The summed E-state index contributed by atoms with van der Waals surface area (Å²) in [6.07, 6.45) is 2.07. The fourth-order valence-electron chi connectivity index (χ4n) is 4.80. The lowest BCUT2D eigenvalue weighted by Crippen LogP contribution is -2.30. The molecule has 1 spiro atoms. The molecule has 0 unspecified atom stereocenters. The van der Waals surface area contributed by atoms with Crippen LogP contribution in [0.4, 0.5) is 0 Å². The number of ether oxygens (including phenoxy) is 1. The van der Waals surface area contributed by atoms with Crippen LogP contribution in [0.1, 0.15) is 30.5 Å². The standard InChI is InChI=1S/C26H20O2/c1-17(27)25-18(2)28-24(16-19-10-4-3-5-11-19)26(25)22-14-8-6-12-20(22)21-13-7-9-15-23(21)26/h3-16H,1-2H3/b24-16-. The summed E-state index contributed by atoms with van der Waals surface area (Å²) in [5.74, 6) is 1.51. The fraction of sp³-hybridized carbons (Fsp3) is 0.115. The molecular weight excluding hydrogens is 344 g/mol. The van der Waals surface area contributed by atoms with E-state index in [2.05, 4.69) is 54.6 Å². The lowest BCUT2D eigenvalue weighted by molar-refractivity contribution is -0.114. The van der Waals surface area contributed by atoms with Crippen molar-refractivity contribution in [2.75, 3.05) is 0 Å². The Hall–Kier alpha value is -3.39. The van der Waals surface area contributed by atoms with Gasteiger partial charge in [-0.3, -0.25) is 4.79 Å². The molecule has 0 radical (unpaired) electrons. The predicted octanol–water partition coefficient (Wildman–Crippen LogP) is 5.89. The maximum Gasteiger partial charge on any atom is 0.160 e. The van der Waals surface area contributed by atoms with Crippen LogP contribution < -0.4 is 0 Å². The van der Waals surface area contributed by atoms with Crippen molar-refractivity contribution in [2.24, 2.45) is 0 Å². The van der Waals surface area contributed by atoms with Crippen molar-refractivity contribution in [3.05, 3.63) is 113 Å².